The second-order valence-corrected chi connectivity index (χ2v) is 6.48. The summed E-state index contributed by atoms with van der Waals surface area (Å²) in [5.41, 5.74) is 10.4. The lowest BCUT2D eigenvalue weighted by Crippen LogP contribution is -2.23. The van der Waals surface area contributed by atoms with Crippen LogP contribution in [0.2, 0.25) is 0 Å². The molecule has 1 atom stereocenters. The summed E-state index contributed by atoms with van der Waals surface area (Å²) >= 11 is 0. The monoisotopic (exact) mass is 286 g/mol. The highest BCUT2D eigenvalue weighted by Crippen LogP contribution is 2.35. The molecule has 0 amide bonds. The van der Waals surface area contributed by atoms with Gasteiger partial charge in [-0.2, -0.15) is 0 Å². The number of anilines is 1. The van der Waals surface area contributed by atoms with Crippen LogP contribution in [0.25, 0.3) is 10.9 Å². The summed E-state index contributed by atoms with van der Waals surface area (Å²) in [7, 11) is 0. The maximum absolute atomic E-state index is 11.3. The van der Waals surface area contributed by atoms with Crippen molar-refractivity contribution in [3.8, 4) is 0 Å². The molecule has 0 fully saturated rings. The summed E-state index contributed by atoms with van der Waals surface area (Å²) in [5.74, 6) is -0.397. The fraction of sp³-hybridized carbons (Fsp3) is 0.471. The zero-order valence-electron chi connectivity index (χ0n) is 12.6. The van der Waals surface area contributed by atoms with Gasteiger partial charge in [0.25, 0.3) is 0 Å². The second-order valence-electron chi connectivity index (χ2n) is 6.48. The van der Waals surface area contributed by atoms with Gasteiger partial charge in [-0.05, 0) is 48.9 Å². The summed E-state index contributed by atoms with van der Waals surface area (Å²) in [6, 6.07) is 6.00. The molecule has 1 aromatic heterocycles. The third-order valence-corrected chi connectivity index (χ3v) is 4.39. The Bertz CT molecular complexity index is 700. The predicted octanol–water partition coefficient (Wildman–Crippen LogP) is 3.07. The van der Waals surface area contributed by atoms with E-state index >= 15 is 0 Å². The molecule has 21 heavy (non-hydrogen) atoms. The zero-order valence-corrected chi connectivity index (χ0v) is 12.6. The largest absolute Gasteiger partial charge is 0.481 e. The Labute approximate surface area is 124 Å². The van der Waals surface area contributed by atoms with Crippen molar-refractivity contribution in [2.24, 2.45) is 11.8 Å². The molecule has 4 heteroatoms. The fourth-order valence-corrected chi connectivity index (χ4v) is 3.45. The number of fused-ring (bicyclic) bond motifs is 3. The zero-order chi connectivity index (χ0) is 15.1. The van der Waals surface area contributed by atoms with Gasteiger partial charge in [-0.1, -0.05) is 13.8 Å². The van der Waals surface area contributed by atoms with Crippen LogP contribution in [0.5, 0.6) is 0 Å². The van der Waals surface area contributed by atoms with Gasteiger partial charge < -0.3 is 15.4 Å². The minimum Gasteiger partial charge on any atom is -0.481 e. The van der Waals surface area contributed by atoms with Crippen molar-refractivity contribution >= 4 is 22.6 Å². The molecule has 1 aliphatic rings. The van der Waals surface area contributed by atoms with Crippen LogP contribution in [0.15, 0.2) is 18.2 Å². The molecule has 0 aliphatic heterocycles. The summed E-state index contributed by atoms with van der Waals surface area (Å²) < 4.78 is 2.37. The highest BCUT2D eigenvalue weighted by Gasteiger charge is 2.29. The molecule has 1 aromatic carbocycles. The molecule has 1 unspecified atom stereocenters. The van der Waals surface area contributed by atoms with Crippen LogP contribution in [0, 0.1) is 11.8 Å². The van der Waals surface area contributed by atoms with Gasteiger partial charge >= 0.3 is 5.97 Å². The summed E-state index contributed by atoms with van der Waals surface area (Å²) in [4.78, 5) is 11.3. The third kappa shape index (κ3) is 2.39. The van der Waals surface area contributed by atoms with Crippen LogP contribution in [-0.4, -0.2) is 15.6 Å². The smallest absolute Gasteiger partial charge is 0.306 e. The standard InChI is InChI=1S/C17H22N2O2/c1-10(2)9-19-15-5-3-11(17(20)21)7-13(15)14-8-12(18)4-6-16(14)19/h4,6,8,10-11H,3,5,7,9,18H2,1-2H3,(H,20,21). The number of aliphatic carboxylic acids is 1. The number of nitrogens with two attached hydrogens (primary N) is 1. The predicted molar refractivity (Wildman–Crippen MR) is 84.3 cm³/mol. The van der Waals surface area contributed by atoms with E-state index in [1.54, 1.807) is 0 Å². The van der Waals surface area contributed by atoms with Crippen molar-refractivity contribution in [1.82, 2.24) is 4.57 Å². The SMILES string of the molecule is CC(C)Cn1c2c(c3cc(N)ccc31)CC(C(=O)O)CC2. The quantitative estimate of drug-likeness (QED) is 0.852. The lowest BCUT2D eigenvalue weighted by molar-refractivity contribution is -0.142. The van der Waals surface area contributed by atoms with Crippen molar-refractivity contribution < 1.29 is 9.90 Å². The number of benzene rings is 1. The number of carboxylic acid groups (broad SMARTS) is 1. The van der Waals surface area contributed by atoms with Gasteiger partial charge in [-0.15, -0.1) is 0 Å². The number of nitrogen functional groups attached to an aromatic ring is 1. The van der Waals surface area contributed by atoms with E-state index in [4.69, 9.17) is 5.73 Å². The van der Waals surface area contributed by atoms with Gasteiger partial charge in [0.1, 0.15) is 0 Å². The van der Waals surface area contributed by atoms with Crippen LogP contribution >= 0.6 is 0 Å². The van der Waals surface area contributed by atoms with E-state index in [2.05, 4.69) is 24.5 Å². The maximum atomic E-state index is 11.3. The maximum Gasteiger partial charge on any atom is 0.306 e. The molecule has 2 aromatic rings. The molecule has 0 saturated heterocycles. The van der Waals surface area contributed by atoms with Gasteiger partial charge in [0.15, 0.2) is 0 Å². The minimum absolute atomic E-state index is 0.267. The van der Waals surface area contributed by atoms with Crippen molar-refractivity contribution in [1.29, 1.82) is 0 Å². The average molecular weight is 286 g/mol. The Kier molecular flexibility index (Phi) is 3.40. The summed E-state index contributed by atoms with van der Waals surface area (Å²) in [5, 5.41) is 10.4. The number of carbonyl (C=O) groups is 1. The number of aromatic nitrogens is 1. The van der Waals surface area contributed by atoms with Gasteiger partial charge in [-0.25, -0.2) is 0 Å². The molecular formula is C17H22N2O2. The third-order valence-electron chi connectivity index (χ3n) is 4.39. The molecule has 3 rings (SSSR count). The number of nitrogens with zero attached hydrogens (tertiary/aromatic N) is 1. The van der Waals surface area contributed by atoms with Crippen molar-refractivity contribution in [3.05, 3.63) is 29.5 Å². The van der Waals surface area contributed by atoms with Gasteiger partial charge in [0.2, 0.25) is 0 Å². The van der Waals surface area contributed by atoms with Crippen LogP contribution < -0.4 is 5.73 Å². The molecule has 3 N–H and O–H groups in total. The molecule has 112 valence electrons. The van der Waals surface area contributed by atoms with E-state index in [1.807, 2.05) is 12.1 Å². The van der Waals surface area contributed by atoms with Crippen LogP contribution in [0.1, 0.15) is 31.5 Å². The second kappa shape index (κ2) is 5.10. The normalized spacial score (nSPS) is 18.1. The fourth-order valence-electron chi connectivity index (χ4n) is 3.45. The van der Waals surface area contributed by atoms with Crippen LogP contribution in [0.4, 0.5) is 5.69 Å². The number of carboxylic acids is 1. The molecule has 4 nitrogen and oxygen atoms in total. The molecule has 0 bridgehead atoms. The van der Waals surface area contributed by atoms with E-state index in [0.717, 1.165) is 30.5 Å². The van der Waals surface area contributed by atoms with Gasteiger partial charge in [0, 0.05) is 28.8 Å². The molecule has 0 spiro atoms. The Balaban J connectivity index is 2.18. The Morgan fingerprint density at radius 3 is 2.90 bits per heavy atom. The van der Waals surface area contributed by atoms with E-state index in [-0.39, 0.29) is 5.92 Å². The molecule has 0 saturated carbocycles. The first-order valence-corrected chi connectivity index (χ1v) is 7.59. The van der Waals surface area contributed by atoms with E-state index in [9.17, 15) is 9.90 Å². The minimum atomic E-state index is -0.686. The Morgan fingerprint density at radius 1 is 1.48 bits per heavy atom. The lowest BCUT2D eigenvalue weighted by Gasteiger charge is -2.21. The Hall–Kier alpha value is -1.97. The van der Waals surface area contributed by atoms with Gasteiger partial charge in [-0.3, -0.25) is 4.79 Å². The van der Waals surface area contributed by atoms with Crippen LogP contribution in [-0.2, 0) is 24.2 Å². The first kappa shape index (κ1) is 14.0. The highest BCUT2D eigenvalue weighted by atomic mass is 16.4. The molecule has 1 aliphatic carbocycles. The first-order valence-electron chi connectivity index (χ1n) is 7.59. The van der Waals surface area contributed by atoms with E-state index < -0.39 is 5.97 Å². The van der Waals surface area contributed by atoms with E-state index in [1.165, 1.54) is 16.8 Å². The first-order chi connectivity index (χ1) is 9.97. The summed E-state index contributed by atoms with van der Waals surface area (Å²) in [6.45, 7) is 5.38. The Morgan fingerprint density at radius 2 is 2.24 bits per heavy atom. The number of hydrogen-bond acceptors (Lipinski definition) is 2. The van der Waals surface area contributed by atoms with E-state index in [0.29, 0.717) is 12.3 Å². The van der Waals surface area contributed by atoms with Crippen LogP contribution in [0.3, 0.4) is 0 Å². The van der Waals surface area contributed by atoms with Crippen molar-refractivity contribution in [3.63, 3.8) is 0 Å². The summed E-state index contributed by atoms with van der Waals surface area (Å²) in [6.07, 6.45) is 2.19. The molecular weight excluding hydrogens is 264 g/mol. The molecule has 0 radical (unpaired) electrons. The topological polar surface area (TPSA) is 68.2 Å². The number of hydrogen-bond donors (Lipinski definition) is 2. The molecule has 1 heterocycles. The lowest BCUT2D eigenvalue weighted by atomic mass is 9.86. The highest BCUT2D eigenvalue weighted by molar-refractivity contribution is 5.89. The number of rotatable bonds is 3. The van der Waals surface area contributed by atoms with Crippen molar-refractivity contribution in [2.45, 2.75) is 39.7 Å². The van der Waals surface area contributed by atoms with Gasteiger partial charge in [0.05, 0.1) is 5.92 Å². The average Bonchev–Trinajstić information content (AvgIpc) is 2.71. The van der Waals surface area contributed by atoms with Crippen molar-refractivity contribution in [2.75, 3.05) is 5.73 Å².